The van der Waals surface area contributed by atoms with Crippen LogP contribution in [0, 0.1) is 0 Å². The lowest BCUT2D eigenvalue weighted by Crippen LogP contribution is -2.24. The van der Waals surface area contributed by atoms with Crippen LogP contribution in [0.5, 0.6) is 11.5 Å². The number of aliphatic imine (C=N–C) groups is 1. The van der Waals surface area contributed by atoms with Crippen molar-refractivity contribution in [1.29, 1.82) is 0 Å². The fraction of sp³-hybridized carbons (Fsp3) is 0.130. The lowest BCUT2D eigenvalue weighted by Gasteiger charge is -2.20. The Morgan fingerprint density at radius 1 is 0.871 bits per heavy atom. The summed E-state index contributed by atoms with van der Waals surface area (Å²) in [4.78, 5) is 5.02. The van der Waals surface area contributed by atoms with Crippen molar-refractivity contribution in [3.05, 3.63) is 84.2 Å². The van der Waals surface area contributed by atoms with Gasteiger partial charge in [-0.25, -0.2) is 4.99 Å². The topological polar surface area (TPSA) is 86.5 Å². The number of tetrazole rings is 1. The monoisotopic (exact) mass is 412 g/mol. The van der Waals surface area contributed by atoms with Gasteiger partial charge < -0.3 is 14.8 Å². The Hall–Kier alpha value is -4.20. The van der Waals surface area contributed by atoms with E-state index in [0.717, 1.165) is 28.3 Å². The molecule has 0 amide bonds. The van der Waals surface area contributed by atoms with Gasteiger partial charge in [0, 0.05) is 11.8 Å². The maximum absolute atomic E-state index is 5.47. The summed E-state index contributed by atoms with van der Waals surface area (Å²) in [6.45, 7) is 0. The molecular weight excluding hydrogens is 392 g/mol. The van der Waals surface area contributed by atoms with E-state index in [1.54, 1.807) is 18.9 Å². The number of hydrogen-bond acceptors (Lipinski definition) is 7. The predicted molar refractivity (Wildman–Crippen MR) is 118 cm³/mol. The number of nitrogens with zero attached hydrogens (tertiary/aromatic N) is 5. The minimum atomic E-state index is -0.400. The summed E-state index contributed by atoms with van der Waals surface area (Å²) in [5.74, 6) is 1.92. The van der Waals surface area contributed by atoms with Crippen LogP contribution in [0.15, 0.2) is 77.8 Å². The Morgan fingerprint density at radius 3 is 2.45 bits per heavy atom. The van der Waals surface area contributed by atoms with E-state index < -0.39 is 6.04 Å². The maximum Gasteiger partial charge on any atom is 0.185 e. The molecule has 0 aliphatic carbocycles. The zero-order valence-corrected chi connectivity index (χ0v) is 17.1. The fourth-order valence-electron chi connectivity index (χ4n) is 3.67. The highest BCUT2D eigenvalue weighted by atomic mass is 16.5. The number of nitrogens with one attached hydrogen (secondary N) is 1. The van der Waals surface area contributed by atoms with E-state index in [0.29, 0.717) is 17.3 Å². The molecule has 0 bridgehead atoms. The predicted octanol–water partition coefficient (Wildman–Crippen LogP) is 3.97. The van der Waals surface area contributed by atoms with E-state index in [4.69, 9.17) is 14.5 Å². The molecule has 1 aliphatic rings. The zero-order valence-electron chi connectivity index (χ0n) is 17.1. The first-order chi connectivity index (χ1) is 15.3. The van der Waals surface area contributed by atoms with Gasteiger partial charge in [0.25, 0.3) is 0 Å². The first-order valence-corrected chi connectivity index (χ1v) is 9.78. The smallest absolute Gasteiger partial charge is 0.185 e. The standard InChI is InChI=1S/C23H20N6O2/c1-30-19-13-12-16(14-20(19)31-2)24-22-21(15-8-4-3-5-9-15)25-17-10-6-7-11-18(17)29-23(22)26-27-28-29/h3-14,22,24H,1-2H3. The van der Waals surface area contributed by atoms with E-state index in [1.165, 1.54) is 0 Å². The van der Waals surface area contributed by atoms with Crippen LogP contribution >= 0.6 is 0 Å². The quantitative estimate of drug-likeness (QED) is 0.534. The molecule has 31 heavy (non-hydrogen) atoms. The van der Waals surface area contributed by atoms with E-state index in [1.807, 2.05) is 72.8 Å². The Labute approximate surface area is 179 Å². The SMILES string of the molecule is COc1ccc(NC2C(c3ccccc3)=Nc3ccccc3-n3nnnc32)cc1OC. The van der Waals surface area contributed by atoms with Crippen LogP contribution in [0.1, 0.15) is 17.4 Å². The van der Waals surface area contributed by atoms with Crippen molar-refractivity contribution in [2.24, 2.45) is 4.99 Å². The summed E-state index contributed by atoms with van der Waals surface area (Å²) in [7, 11) is 3.23. The first kappa shape index (κ1) is 18.8. The van der Waals surface area contributed by atoms with Crippen LogP contribution < -0.4 is 14.8 Å². The highest BCUT2D eigenvalue weighted by Gasteiger charge is 2.30. The third-order valence-corrected chi connectivity index (χ3v) is 5.14. The zero-order chi connectivity index (χ0) is 21.2. The van der Waals surface area contributed by atoms with Crippen LogP contribution in [0.4, 0.5) is 11.4 Å². The molecule has 1 atom stereocenters. The molecule has 1 aliphatic heterocycles. The van der Waals surface area contributed by atoms with Gasteiger partial charge in [-0.1, -0.05) is 42.5 Å². The van der Waals surface area contributed by atoms with E-state index in [2.05, 4.69) is 20.8 Å². The summed E-state index contributed by atoms with van der Waals surface area (Å²) >= 11 is 0. The molecule has 1 N–H and O–H groups in total. The minimum absolute atomic E-state index is 0.400. The molecule has 1 aromatic heterocycles. The van der Waals surface area contributed by atoms with Crippen molar-refractivity contribution in [2.75, 3.05) is 19.5 Å². The summed E-state index contributed by atoms with van der Waals surface area (Å²) < 4.78 is 12.6. The van der Waals surface area contributed by atoms with Crippen LogP contribution in [0.25, 0.3) is 5.69 Å². The van der Waals surface area contributed by atoms with Crippen molar-refractivity contribution < 1.29 is 9.47 Å². The van der Waals surface area contributed by atoms with Gasteiger partial charge in [-0.15, -0.1) is 5.10 Å². The molecular formula is C23H20N6O2. The van der Waals surface area contributed by atoms with Gasteiger partial charge in [-0.05, 0) is 40.3 Å². The summed E-state index contributed by atoms with van der Waals surface area (Å²) in [5, 5.41) is 16.1. The van der Waals surface area contributed by atoms with Gasteiger partial charge in [0.05, 0.1) is 31.3 Å². The van der Waals surface area contributed by atoms with Gasteiger partial charge in [0.15, 0.2) is 17.3 Å². The third-order valence-electron chi connectivity index (χ3n) is 5.14. The number of ether oxygens (including phenoxy) is 2. The Kier molecular flexibility index (Phi) is 4.80. The number of aromatic nitrogens is 4. The lowest BCUT2D eigenvalue weighted by atomic mass is 10.0. The minimum Gasteiger partial charge on any atom is -0.493 e. The van der Waals surface area contributed by atoms with E-state index >= 15 is 0 Å². The number of fused-ring (bicyclic) bond motifs is 3. The van der Waals surface area contributed by atoms with Gasteiger partial charge in [-0.3, -0.25) is 0 Å². The maximum atomic E-state index is 5.47. The molecule has 2 heterocycles. The van der Waals surface area contributed by atoms with Crippen molar-refractivity contribution in [2.45, 2.75) is 6.04 Å². The van der Waals surface area contributed by atoms with Gasteiger partial charge in [0.2, 0.25) is 0 Å². The molecule has 0 saturated carbocycles. The van der Waals surface area contributed by atoms with Gasteiger partial charge in [0.1, 0.15) is 6.04 Å². The fourth-order valence-corrected chi connectivity index (χ4v) is 3.67. The Bertz CT molecular complexity index is 1250. The molecule has 8 nitrogen and oxygen atoms in total. The second-order valence-corrected chi connectivity index (χ2v) is 6.95. The highest BCUT2D eigenvalue weighted by Crippen LogP contribution is 2.36. The molecule has 0 fully saturated rings. The highest BCUT2D eigenvalue weighted by molar-refractivity contribution is 6.08. The lowest BCUT2D eigenvalue weighted by molar-refractivity contribution is 0.355. The number of anilines is 1. The van der Waals surface area contributed by atoms with Crippen LogP contribution in [-0.2, 0) is 0 Å². The largest absolute Gasteiger partial charge is 0.493 e. The van der Waals surface area contributed by atoms with Crippen molar-refractivity contribution in [1.82, 2.24) is 20.2 Å². The summed E-state index contributed by atoms with van der Waals surface area (Å²) in [6, 6.07) is 23.1. The van der Waals surface area contributed by atoms with Crippen LogP contribution in [0.3, 0.4) is 0 Å². The van der Waals surface area contributed by atoms with Crippen molar-refractivity contribution in [3.8, 4) is 17.2 Å². The second-order valence-electron chi connectivity index (χ2n) is 6.95. The molecule has 4 aromatic rings. The molecule has 154 valence electrons. The number of para-hydroxylation sites is 2. The number of hydrogen-bond donors (Lipinski definition) is 1. The average molecular weight is 412 g/mol. The number of rotatable bonds is 5. The first-order valence-electron chi connectivity index (χ1n) is 9.78. The number of methoxy groups -OCH3 is 2. The average Bonchev–Trinajstić information content (AvgIpc) is 3.27. The van der Waals surface area contributed by atoms with E-state index in [-0.39, 0.29) is 0 Å². The second kappa shape index (κ2) is 7.91. The van der Waals surface area contributed by atoms with Gasteiger partial charge in [-0.2, -0.15) is 4.68 Å². The van der Waals surface area contributed by atoms with Crippen LogP contribution in [-0.4, -0.2) is 40.1 Å². The normalized spacial score (nSPS) is 14.6. The van der Waals surface area contributed by atoms with Gasteiger partial charge >= 0.3 is 0 Å². The third kappa shape index (κ3) is 3.38. The van der Waals surface area contributed by atoms with Crippen molar-refractivity contribution >= 4 is 17.1 Å². The number of benzene rings is 3. The molecule has 0 saturated heterocycles. The Morgan fingerprint density at radius 2 is 1.65 bits per heavy atom. The summed E-state index contributed by atoms with van der Waals surface area (Å²) in [6.07, 6.45) is 0. The van der Waals surface area contributed by atoms with E-state index in [9.17, 15) is 0 Å². The Balaban J connectivity index is 1.67. The molecule has 0 radical (unpaired) electrons. The van der Waals surface area contributed by atoms with Crippen LogP contribution in [0.2, 0.25) is 0 Å². The molecule has 5 rings (SSSR count). The molecule has 8 heteroatoms. The summed E-state index contributed by atoms with van der Waals surface area (Å²) in [5.41, 5.74) is 4.24. The molecule has 1 unspecified atom stereocenters. The molecule has 0 spiro atoms. The van der Waals surface area contributed by atoms with Crippen molar-refractivity contribution in [3.63, 3.8) is 0 Å². The molecule has 3 aromatic carbocycles.